The zero-order valence-corrected chi connectivity index (χ0v) is 21.5. The summed E-state index contributed by atoms with van der Waals surface area (Å²) < 4.78 is 5.73. The first-order valence-corrected chi connectivity index (χ1v) is 13.5. The van der Waals surface area contributed by atoms with E-state index in [1.807, 2.05) is 18.9 Å². The van der Waals surface area contributed by atoms with Gasteiger partial charge in [0.2, 0.25) is 0 Å². The largest absolute Gasteiger partial charge is 0.381 e. The van der Waals surface area contributed by atoms with Gasteiger partial charge in [-0.2, -0.15) is 0 Å². The van der Waals surface area contributed by atoms with Gasteiger partial charge in [0, 0.05) is 12.5 Å². The highest BCUT2D eigenvalue weighted by Crippen LogP contribution is 2.62. The summed E-state index contributed by atoms with van der Waals surface area (Å²) in [5, 5.41) is 0. The van der Waals surface area contributed by atoms with Crippen LogP contribution in [-0.4, -0.2) is 29.9 Å². The quantitative estimate of drug-likeness (QED) is 0.510. The van der Waals surface area contributed by atoms with E-state index in [9.17, 15) is 4.79 Å². The highest BCUT2D eigenvalue weighted by atomic mass is 16.5. The second-order valence-corrected chi connectivity index (χ2v) is 11.6. The molecule has 1 atom stereocenters. The van der Waals surface area contributed by atoms with Crippen molar-refractivity contribution < 1.29 is 9.53 Å². The fraction of sp³-hybridized carbons (Fsp3) is 0.548. The van der Waals surface area contributed by atoms with Gasteiger partial charge in [-0.1, -0.05) is 60.9 Å². The minimum atomic E-state index is -0.787. The highest BCUT2D eigenvalue weighted by Gasteiger charge is 2.66. The van der Waals surface area contributed by atoms with Gasteiger partial charge < -0.3 is 4.74 Å². The molecule has 1 heterocycles. The summed E-state index contributed by atoms with van der Waals surface area (Å²) in [6.07, 6.45) is 10.3. The van der Waals surface area contributed by atoms with Crippen LogP contribution >= 0.6 is 0 Å². The average molecular weight is 471 g/mol. The van der Waals surface area contributed by atoms with Gasteiger partial charge in [-0.15, -0.1) is 0 Å². The molecular weight excluding hydrogens is 432 g/mol. The predicted molar refractivity (Wildman–Crippen MR) is 139 cm³/mol. The summed E-state index contributed by atoms with van der Waals surface area (Å²) in [5.74, 6) is 1.96. The van der Waals surface area contributed by atoms with Crippen LogP contribution in [0.4, 0.5) is 0 Å². The molecule has 1 aliphatic heterocycles. The second kappa shape index (κ2) is 8.58. The van der Waals surface area contributed by atoms with E-state index in [1.54, 1.807) is 0 Å². The number of methoxy groups -OCH3 is 1. The molecule has 0 N–H and O–H groups in total. The minimum absolute atomic E-state index is 0.154. The van der Waals surface area contributed by atoms with Crippen LogP contribution in [0.5, 0.6) is 0 Å². The van der Waals surface area contributed by atoms with Gasteiger partial charge >= 0.3 is 0 Å². The Morgan fingerprint density at radius 2 is 1.83 bits per heavy atom. The molecular formula is C31H38N2O2. The van der Waals surface area contributed by atoms with Gasteiger partial charge in [0.05, 0.1) is 12.6 Å². The Morgan fingerprint density at radius 3 is 2.54 bits per heavy atom. The first-order chi connectivity index (χ1) is 16.9. The molecule has 1 unspecified atom stereocenters. The zero-order chi connectivity index (χ0) is 24.2. The Morgan fingerprint density at radius 1 is 1.03 bits per heavy atom. The molecule has 3 aliphatic carbocycles. The third kappa shape index (κ3) is 3.76. The zero-order valence-electron chi connectivity index (χ0n) is 21.5. The molecule has 0 saturated heterocycles. The number of hydrogen-bond donors (Lipinski definition) is 0. The topological polar surface area (TPSA) is 41.9 Å². The predicted octanol–water partition coefficient (Wildman–Crippen LogP) is 6.13. The fourth-order valence-electron chi connectivity index (χ4n) is 7.14. The van der Waals surface area contributed by atoms with E-state index in [0.717, 1.165) is 50.3 Å². The van der Waals surface area contributed by atoms with Crippen molar-refractivity contribution in [3.63, 3.8) is 0 Å². The Hall–Kier alpha value is -2.46. The molecule has 2 fully saturated rings. The van der Waals surface area contributed by atoms with Crippen molar-refractivity contribution in [2.45, 2.75) is 89.8 Å². The second-order valence-electron chi connectivity index (χ2n) is 11.6. The van der Waals surface area contributed by atoms with Crippen molar-refractivity contribution in [1.82, 2.24) is 4.90 Å². The van der Waals surface area contributed by atoms with Gasteiger partial charge in [-0.25, -0.2) is 0 Å². The number of aryl methyl sites for hydroxylation is 2. The van der Waals surface area contributed by atoms with Crippen LogP contribution in [0.25, 0.3) is 0 Å². The summed E-state index contributed by atoms with van der Waals surface area (Å²) in [7, 11) is 1.82. The van der Waals surface area contributed by atoms with Crippen molar-refractivity contribution in [2.24, 2.45) is 16.3 Å². The summed E-state index contributed by atoms with van der Waals surface area (Å²) in [6, 6.07) is 15.5. The number of hydrogen-bond acceptors (Lipinski definition) is 3. The molecule has 4 nitrogen and oxygen atoms in total. The lowest BCUT2D eigenvalue weighted by Gasteiger charge is -2.45. The van der Waals surface area contributed by atoms with Gasteiger partial charge in [0.25, 0.3) is 5.91 Å². The van der Waals surface area contributed by atoms with Crippen LogP contribution < -0.4 is 0 Å². The highest BCUT2D eigenvalue weighted by molar-refractivity contribution is 6.09. The molecule has 0 radical (unpaired) electrons. The van der Waals surface area contributed by atoms with Gasteiger partial charge in [0.15, 0.2) is 5.54 Å². The monoisotopic (exact) mass is 470 g/mol. The lowest BCUT2D eigenvalue weighted by atomic mass is 9.61. The number of carbonyl (C=O) groups excluding carboxylic acids is 1. The maximum atomic E-state index is 14.6. The number of carbonyl (C=O) groups is 1. The lowest BCUT2D eigenvalue weighted by Crippen LogP contribution is -2.51. The molecule has 0 bridgehead atoms. The first-order valence-electron chi connectivity index (χ1n) is 13.5. The van der Waals surface area contributed by atoms with Crippen LogP contribution in [0.1, 0.15) is 79.7 Å². The molecule has 2 saturated carbocycles. The van der Waals surface area contributed by atoms with Crippen LogP contribution in [-0.2, 0) is 34.5 Å². The third-order valence-electron chi connectivity index (χ3n) is 9.32. The van der Waals surface area contributed by atoms with E-state index in [0.29, 0.717) is 12.6 Å². The molecule has 6 rings (SSSR count). The summed E-state index contributed by atoms with van der Waals surface area (Å²) in [4.78, 5) is 21.9. The number of nitrogens with zero attached hydrogens (tertiary/aromatic N) is 2. The smallest absolute Gasteiger partial charge is 0.261 e. The molecule has 2 aromatic rings. The Balaban J connectivity index is 1.40. The molecule has 1 amide bonds. The van der Waals surface area contributed by atoms with Crippen molar-refractivity contribution in [1.29, 1.82) is 0 Å². The summed E-state index contributed by atoms with van der Waals surface area (Å²) in [5.41, 5.74) is 5.34. The van der Waals surface area contributed by atoms with E-state index >= 15 is 0 Å². The standard InChI is InChI=1S/C31H38N2O2/c1-21-5-4-6-25(17-21)20-33-22(2)32-31(29(33)34)28-18-24(10-9-23-7-8-23)11-12-26(28)19-30(31)15-13-27(35-3)14-16-30/h4-6,11-12,17-18,23,27H,7-10,13-16,19-20H2,1-3H3. The van der Waals surface area contributed by atoms with E-state index in [-0.39, 0.29) is 11.3 Å². The maximum absolute atomic E-state index is 14.6. The molecule has 2 spiro atoms. The lowest BCUT2D eigenvalue weighted by molar-refractivity contribution is -0.138. The Labute approximate surface area is 209 Å². The average Bonchev–Trinajstić information content (AvgIpc) is 3.61. The molecule has 184 valence electrons. The van der Waals surface area contributed by atoms with Crippen LogP contribution in [0, 0.1) is 18.3 Å². The summed E-state index contributed by atoms with van der Waals surface area (Å²) >= 11 is 0. The van der Waals surface area contributed by atoms with E-state index in [1.165, 1.54) is 47.1 Å². The van der Waals surface area contributed by atoms with Crippen molar-refractivity contribution in [3.8, 4) is 0 Å². The molecule has 4 aliphatic rings. The maximum Gasteiger partial charge on any atom is 0.261 e. The number of ether oxygens (including phenoxy) is 1. The molecule has 4 heteroatoms. The van der Waals surface area contributed by atoms with E-state index < -0.39 is 5.54 Å². The van der Waals surface area contributed by atoms with Gasteiger partial charge in [0.1, 0.15) is 5.84 Å². The van der Waals surface area contributed by atoms with Crippen molar-refractivity contribution in [3.05, 3.63) is 70.3 Å². The number of amides is 1. The molecule has 2 aromatic carbocycles. The van der Waals surface area contributed by atoms with Crippen molar-refractivity contribution in [2.75, 3.05) is 7.11 Å². The number of benzene rings is 2. The van der Waals surface area contributed by atoms with Crippen LogP contribution in [0.3, 0.4) is 0 Å². The fourth-order valence-corrected chi connectivity index (χ4v) is 7.14. The number of fused-ring (bicyclic) bond motifs is 3. The summed E-state index contributed by atoms with van der Waals surface area (Å²) in [6.45, 7) is 4.73. The van der Waals surface area contributed by atoms with E-state index in [4.69, 9.17) is 9.73 Å². The SMILES string of the molecule is COC1CCC2(CC1)Cc1ccc(CCC3CC3)cc1C21N=C(C)N(Cc2cccc(C)c2)C1=O. The molecule has 35 heavy (non-hydrogen) atoms. The van der Waals surface area contributed by atoms with Gasteiger partial charge in [-0.05, 0) is 87.0 Å². The number of rotatable bonds is 6. The number of amidine groups is 1. The molecule has 0 aromatic heterocycles. The van der Waals surface area contributed by atoms with E-state index in [2.05, 4.69) is 49.4 Å². The minimum Gasteiger partial charge on any atom is -0.381 e. The van der Waals surface area contributed by atoms with Gasteiger partial charge in [-0.3, -0.25) is 14.7 Å². The van der Waals surface area contributed by atoms with Crippen molar-refractivity contribution >= 4 is 11.7 Å². The Bertz CT molecular complexity index is 1170. The van der Waals surface area contributed by atoms with Crippen LogP contribution in [0.15, 0.2) is 47.5 Å². The number of aliphatic imine (C=N–C) groups is 1. The normalized spacial score (nSPS) is 29.8. The Kier molecular flexibility index (Phi) is 5.63. The first kappa shape index (κ1) is 23.0. The van der Waals surface area contributed by atoms with Crippen LogP contribution in [0.2, 0.25) is 0 Å². The third-order valence-corrected chi connectivity index (χ3v) is 9.32.